The van der Waals surface area contributed by atoms with Crippen molar-refractivity contribution in [1.29, 1.82) is 0 Å². The van der Waals surface area contributed by atoms with Crippen molar-refractivity contribution in [3.63, 3.8) is 0 Å². The summed E-state index contributed by atoms with van der Waals surface area (Å²) in [7, 11) is -3.12. The zero-order chi connectivity index (χ0) is 17.6. The number of para-hydroxylation sites is 1. The highest BCUT2D eigenvalue weighted by Crippen LogP contribution is 2.26. The second-order valence-electron chi connectivity index (χ2n) is 6.37. The van der Waals surface area contributed by atoms with Crippen LogP contribution in [0.4, 0.5) is 0 Å². The van der Waals surface area contributed by atoms with Crippen molar-refractivity contribution in [3.05, 3.63) is 29.8 Å². The van der Waals surface area contributed by atoms with Gasteiger partial charge in [0.2, 0.25) is 5.91 Å². The maximum absolute atomic E-state index is 12.0. The average molecular weight is 354 g/mol. The predicted molar refractivity (Wildman–Crippen MR) is 93.5 cm³/mol. The zero-order valence-corrected chi connectivity index (χ0v) is 14.8. The summed E-state index contributed by atoms with van der Waals surface area (Å²) in [6, 6.07) is 6.79. The van der Waals surface area contributed by atoms with E-state index in [1.165, 1.54) is 12.8 Å². The lowest BCUT2D eigenvalue weighted by atomic mass is 10.1. The number of amides is 1. The number of rotatable bonds is 8. The molecule has 0 radical (unpaired) electrons. The molecule has 1 aromatic carbocycles. The summed E-state index contributed by atoms with van der Waals surface area (Å²) < 4.78 is 28.3. The molecule has 24 heavy (non-hydrogen) atoms. The molecule has 1 amide bonds. The summed E-state index contributed by atoms with van der Waals surface area (Å²) in [5.74, 6) is 0.340. The number of benzene rings is 1. The first-order valence-corrected chi connectivity index (χ1v) is 10.4. The Kier molecular flexibility index (Phi) is 6.62. The highest BCUT2D eigenvalue weighted by Gasteiger charge is 2.19. The molecule has 7 heteroatoms. The quantitative estimate of drug-likeness (QED) is 0.735. The van der Waals surface area contributed by atoms with Crippen molar-refractivity contribution in [2.45, 2.75) is 50.8 Å². The minimum atomic E-state index is -3.12. The topological polar surface area (TPSA) is 98.5 Å². The van der Waals surface area contributed by atoms with E-state index in [0.717, 1.165) is 30.4 Å². The van der Waals surface area contributed by atoms with E-state index in [1.807, 2.05) is 24.3 Å². The molecule has 3 N–H and O–H groups in total. The van der Waals surface area contributed by atoms with E-state index in [9.17, 15) is 13.2 Å². The lowest BCUT2D eigenvalue weighted by Gasteiger charge is -2.17. The largest absolute Gasteiger partial charge is 0.490 e. The Morgan fingerprint density at radius 1 is 1.33 bits per heavy atom. The fraction of sp³-hybridized carbons (Fsp3) is 0.588. The number of carbonyl (C=O) groups is 1. The second-order valence-corrected chi connectivity index (χ2v) is 8.63. The number of hydrogen-bond donors (Lipinski definition) is 2. The normalized spacial score (nSPS) is 16.8. The van der Waals surface area contributed by atoms with Gasteiger partial charge < -0.3 is 15.8 Å². The van der Waals surface area contributed by atoms with Crippen molar-refractivity contribution in [2.24, 2.45) is 5.73 Å². The molecule has 1 fully saturated rings. The Hall–Kier alpha value is -1.60. The van der Waals surface area contributed by atoms with Crippen molar-refractivity contribution in [1.82, 2.24) is 5.32 Å². The predicted octanol–water partition coefficient (Wildman–Crippen LogP) is 1.39. The Balaban J connectivity index is 1.87. The van der Waals surface area contributed by atoms with Crippen LogP contribution in [0.5, 0.6) is 5.75 Å². The van der Waals surface area contributed by atoms with E-state index in [0.29, 0.717) is 6.54 Å². The van der Waals surface area contributed by atoms with Crippen LogP contribution in [0.1, 0.15) is 37.7 Å². The fourth-order valence-corrected chi connectivity index (χ4v) is 3.42. The van der Waals surface area contributed by atoms with Gasteiger partial charge in [-0.3, -0.25) is 4.79 Å². The molecular weight excluding hydrogens is 328 g/mol. The molecule has 0 aliphatic heterocycles. The summed E-state index contributed by atoms with van der Waals surface area (Å²) in [6.07, 6.45) is 6.02. The molecule has 6 nitrogen and oxygen atoms in total. The van der Waals surface area contributed by atoms with Crippen LogP contribution in [0.25, 0.3) is 0 Å². The minimum absolute atomic E-state index is 0.0943. The van der Waals surface area contributed by atoms with Crippen molar-refractivity contribution >= 4 is 15.7 Å². The monoisotopic (exact) mass is 354 g/mol. The van der Waals surface area contributed by atoms with Crippen LogP contribution >= 0.6 is 0 Å². The van der Waals surface area contributed by atoms with E-state index >= 15 is 0 Å². The molecule has 1 unspecified atom stereocenters. The number of hydrogen-bond acceptors (Lipinski definition) is 5. The third-order valence-electron chi connectivity index (χ3n) is 4.16. The van der Waals surface area contributed by atoms with E-state index in [-0.39, 0.29) is 24.2 Å². The number of nitrogens with one attached hydrogen (secondary N) is 1. The molecule has 0 saturated heterocycles. The van der Waals surface area contributed by atoms with Crippen LogP contribution in [0.2, 0.25) is 0 Å². The average Bonchev–Trinajstić information content (AvgIpc) is 3.03. The molecule has 2 rings (SSSR count). The summed E-state index contributed by atoms with van der Waals surface area (Å²) in [4.78, 5) is 12.0. The lowest BCUT2D eigenvalue weighted by Crippen LogP contribution is -2.41. The van der Waals surface area contributed by atoms with Gasteiger partial charge in [0.1, 0.15) is 15.6 Å². The molecular formula is C17H26N2O4S. The van der Waals surface area contributed by atoms with Gasteiger partial charge in [0.25, 0.3) is 0 Å². The molecule has 1 saturated carbocycles. The number of nitrogens with two attached hydrogens (primary N) is 1. The summed E-state index contributed by atoms with van der Waals surface area (Å²) in [5.41, 5.74) is 6.65. The lowest BCUT2D eigenvalue weighted by molar-refractivity contribution is -0.122. The van der Waals surface area contributed by atoms with Gasteiger partial charge >= 0.3 is 0 Å². The van der Waals surface area contributed by atoms with E-state index in [2.05, 4.69) is 5.32 Å². The van der Waals surface area contributed by atoms with Gasteiger partial charge in [0.15, 0.2) is 0 Å². The molecule has 0 heterocycles. The highest BCUT2D eigenvalue weighted by atomic mass is 32.2. The molecule has 1 atom stereocenters. The molecule has 0 spiro atoms. The standard InChI is InChI=1S/C17H26N2O4S/c1-24(21,22)11-10-15(18)17(20)19-12-13-6-2-5-9-16(13)23-14-7-3-4-8-14/h2,5-6,9,14-15H,3-4,7-8,10-12,18H2,1H3,(H,19,20). The maximum atomic E-state index is 12.0. The summed E-state index contributed by atoms with van der Waals surface area (Å²) in [6.45, 7) is 0.314. The Morgan fingerprint density at radius 2 is 2.00 bits per heavy atom. The van der Waals surface area contributed by atoms with E-state index in [1.54, 1.807) is 0 Å². The van der Waals surface area contributed by atoms with Gasteiger partial charge in [-0.25, -0.2) is 8.42 Å². The third-order valence-corrected chi connectivity index (χ3v) is 5.14. The SMILES string of the molecule is CS(=O)(=O)CCC(N)C(=O)NCc1ccccc1OC1CCCC1. The van der Waals surface area contributed by atoms with Crippen LogP contribution in [0.3, 0.4) is 0 Å². The maximum Gasteiger partial charge on any atom is 0.237 e. The van der Waals surface area contributed by atoms with E-state index in [4.69, 9.17) is 10.5 Å². The van der Waals surface area contributed by atoms with Crippen molar-refractivity contribution in [2.75, 3.05) is 12.0 Å². The first-order chi connectivity index (χ1) is 11.3. The van der Waals surface area contributed by atoms with Crippen molar-refractivity contribution in [3.8, 4) is 5.75 Å². The van der Waals surface area contributed by atoms with Gasteiger partial charge in [-0.15, -0.1) is 0 Å². The summed E-state index contributed by atoms with van der Waals surface area (Å²) in [5, 5.41) is 2.76. The van der Waals surface area contributed by atoms with Crippen LogP contribution in [-0.2, 0) is 21.2 Å². The van der Waals surface area contributed by atoms with E-state index < -0.39 is 15.9 Å². The third kappa shape index (κ3) is 6.13. The van der Waals surface area contributed by atoms with Gasteiger partial charge in [-0.05, 0) is 38.2 Å². The van der Waals surface area contributed by atoms with Crippen LogP contribution < -0.4 is 15.8 Å². The molecule has 1 aliphatic carbocycles. The smallest absolute Gasteiger partial charge is 0.237 e. The fourth-order valence-electron chi connectivity index (χ4n) is 2.74. The van der Waals surface area contributed by atoms with Gasteiger partial charge in [-0.1, -0.05) is 18.2 Å². The van der Waals surface area contributed by atoms with Gasteiger partial charge in [0.05, 0.1) is 17.9 Å². The number of carbonyl (C=O) groups excluding carboxylic acids is 1. The van der Waals surface area contributed by atoms with Crippen molar-refractivity contribution < 1.29 is 17.9 Å². The van der Waals surface area contributed by atoms with Crippen LogP contribution in [0, 0.1) is 0 Å². The second kappa shape index (κ2) is 8.48. The summed E-state index contributed by atoms with van der Waals surface area (Å²) >= 11 is 0. The van der Waals surface area contributed by atoms with Gasteiger partial charge in [-0.2, -0.15) is 0 Å². The molecule has 0 bridgehead atoms. The van der Waals surface area contributed by atoms with Crippen LogP contribution in [-0.4, -0.2) is 38.5 Å². The first-order valence-electron chi connectivity index (χ1n) is 8.31. The minimum Gasteiger partial charge on any atom is -0.490 e. The number of sulfone groups is 1. The molecule has 134 valence electrons. The first kappa shape index (κ1) is 18.7. The van der Waals surface area contributed by atoms with Gasteiger partial charge in [0, 0.05) is 18.4 Å². The Morgan fingerprint density at radius 3 is 2.67 bits per heavy atom. The van der Waals surface area contributed by atoms with Crippen LogP contribution in [0.15, 0.2) is 24.3 Å². The Labute approximate surface area is 143 Å². The molecule has 1 aromatic rings. The molecule has 1 aliphatic rings. The number of ether oxygens (including phenoxy) is 1. The zero-order valence-electron chi connectivity index (χ0n) is 14.0. The Bertz CT molecular complexity index is 654. The molecule has 0 aromatic heterocycles. The highest BCUT2D eigenvalue weighted by molar-refractivity contribution is 7.90.